The zero-order valence-corrected chi connectivity index (χ0v) is 14.6. The Balaban J connectivity index is 0.000000504. The summed E-state index contributed by atoms with van der Waals surface area (Å²) in [5.41, 5.74) is 0.200. The van der Waals surface area contributed by atoms with Crippen molar-refractivity contribution in [3.05, 3.63) is 35.9 Å². The van der Waals surface area contributed by atoms with Gasteiger partial charge in [0.15, 0.2) is 0 Å². The van der Waals surface area contributed by atoms with Gasteiger partial charge in [0.1, 0.15) is 0 Å². The zero-order valence-electron chi connectivity index (χ0n) is 14.6. The molecule has 0 bridgehead atoms. The van der Waals surface area contributed by atoms with Gasteiger partial charge in [-0.2, -0.15) is 0 Å². The third-order valence-electron chi connectivity index (χ3n) is 3.11. The molecule has 0 fully saturated rings. The van der Waals surface area contributed by atoms with E-state index in [1.165, 1.54) is 0 Å². The highest BCUT2D eigenvalue weighted by Gasteiger charge is 2.20. The van der Waals surface area contributed by atoms with Crippen LogP contribution in [0.1, 0.15) is 38.2 Å². The fourth-order valence-electron chi connectivity index (χ4n) is 2.00. The van der Waals surface area contributed by atoms with Crippen LogP contribution in [0.25, 0.3) is 0 Å². The Labute approximate surface area is 147 Å². The van der Waals surface area contributed by atoms with E-state index < -0.39 is 17.5 Å². The lowest BCUT2D eigenvalue weighted by molar-refractivity contribution is -0.139. The lowest BCUT2D eigenvalue weighted by Gasteiger charge is -2.23. The molecule has 0 spiro atoms. The van der Waals surface area contributed by atoms with Gasteiger partial charge in [0.05, 0.1) is 25.4 Å². The Morgan fingerprint density at radius 3 is 2.00 bits per heavy atom. The molecule has 0 aliphatic heterocycles. The maximum Gasteiger partial charge on any atom is 0.303 e. The minimum Gasteiger partial charge on any atom is -0.481 e. The first-order valence-electron chi connectivity index (χ1n) is 8.15. The van der Waals surface area contributed by atoms with Gasteiger partial charge in [-0.1, -0.05) is 30.3 Å². The summed E-state index contributed by atoms with van der Waals surface area (Å²) in [5, 5.41) is 34.8. The first-order valence-corrected chi connectivity index (χ1v) is 8.15. The maximum atomic E-state index is 9.99. The van der Waals surface area contributed by atoms with Crippen molar-refractivity contribution >= 4 is 11.9 Å². The van der Waals surface area contributed by atoms with E-state index >= 15 is 0 Å². The summed E-state index contributed by atoms with van der Waals surface area (Å²) in [6, 6.07) is 9.78. The monoisotopic (exact) mass is 356 g/mol. The first kappa shape index (κ1) is 23.0. The molecule has 0 aliphatic rings. The smallest absolute Gasteiger partial charge is 0.303 e. The summed E-state index contributed by atoms with van der Waals surface area (Å²) in [5.74, 6) is -1.74. The van der Waals surface area contributed by atoms with E-state index in [2.05, 4.69) is 0 Å². The quantitative estimate of drug-likeness (QED) is 0.445. The molecule has 0 aromatic heterocycles. The van der Waals surface area contributed by atoms with E-state index in [0.717, 1.165) is 5.56 Å². The van der Waals surface area contributed by atoms with Crippen molar-refractivity contribution in [2.24, 2.45) is 0 Å². The van der Waals surface area contributed by atoms with Crippen molar-refractivity contribution in [3.8, 4) is 0 Å². The molecule has 0 aliphatic carbocycles. The molecule has 0 saturated heterocycles. The number of hydrogen-bond donors (Lipinski definition) is 4. The first-order chi connectivity index (χ1) is 11.8. The van der Waals surface area contributed by atoms with Crippen LogP contribution < -0.4 is 0 Å². The van der Waals surface area contributed by atoms with E-state index in [-0.39, 0.29) is 32.7 Å². The van der Waals surface area contributed by atoms with Gasteiger partial charge in [0.25, 0.3) is 0 Å². The molecule has 142 valence electrons. The molecule has 1 unspecified atom stereocenters. The Morgan fingerprint density at radius 1 is 1.04 bits per heavy atom. The number of aliphatic hydroxyl groups excluding tert-OH is 1. The molecule has 0 heterocycles. The zero-order chi connectivity index (χ0) is 19.1. The highest BCUT2D eigenvalue weighted by Crippen LogP contribution is 2.13. The number of carboxylic acid groups (broad SMARTS) is 2. The lowest BCUT2D eigenvalue weighted by atomic mass is 9.97. The largest absolute Gasteiger partial charge is 0.481 e. The number of aliphatic hydroxyl groups is 2. The van der Waals surface area contributed by atoms with Gasteiger partial charge in [0, 0.05) is 19.3 Å². The summed E-state index contributed by atoms with van der Waals surface area (Å²) in [4.78, 5) is 19.8. The van der Waals surface area contributed by atoms with Gasteiger partial charge in [-0.3, -0.25) is 9.59 Å². The average molecular weight is 356 g/mol. The van der Waals surface area contributed by atoms with Crippen molar-refractivity contribution in [3.63, 3.8) is 0 Å². The van der Waals surface area contributed by atoms with Gasteiger partial charge < -0.3 is 25.2 Å². The van der Waals surface area contributed by atoms with Crippen LogP contribution in [0.4, 0.5) is 0 Å². The van der Waals surface area contributed by atoms with Crippen molar-refractivity contribution in [2.75, 3.05) is 19.8 Å². The summed E-state index contributed by atoms with van der Waals surface area (Å²) >= 11 is 0. The third kappa shape index (κ3) is 15.3. The van der Waals surface area contributed by atoms with Crippen molar-refractivity contribution < 1.29 is 34.8 Å². The highest BCUT2D eigenvalue weighted by molar-refractivity contribution is 5.67. The van der Waals surface area contributed by atoms with Crippen LogP contribution in [0.5, 0.6) is 0 Å². The Morgan fingerprint density at radius 2 is 1.56 bits per heavy atom. The number of rotatable bonds is 11. The Hall–Kier alpha value is -1.96. The number of carboxylic acids is 2. The molecule has 1 aromatic rings. The summed E-state index contributed by atoms with van der Waals surface area (Å²) in [6.07, 6.45) is 1.57. The number of unbranched alkanes of at least 4 members (excludes halogenated alkanes) is 1. The molecule has 7 nitrogen and oxygen atoms in total. The summed E-state index contributed by atoms with van der Waals surface area (Å²) < 4.78 is 5.12. The number of aliphatic carboxylic acids is 2. The van der Waals surface area contributed by atoms with E-state index in [1.54, 1.807) is 6.92 Å². The van der Waals surface area contributed by atoms with Gasteiger partial charge in [-0.05, 0) is 25.3 Å². The fourth-order valence-corrected chi connectivity index (χ4v) is 2.00. The van der Waals surface area contributed by atoms with Crippen LogP contribution in [-0.4, -0.2) is 57.8 Å². The molecule has 7 heteroatoms. The van der Waals surface area contributed by atoms with Gasteiger partial charge in [-0.15, -0.1) is 0 Å². The molecule has 1 aromatic carbocycles. The number of ether oxygens (including phenoxy) is 1. The van der Waals surface area contributed by atoms with Crippen LogP contribution in [0.3, 0.4) is 0 Å². The molecule has 0 amide bonds. The van der Waals surface area contributed by atoms with Crippen molar-refractivity contribution in [2.45, 2.75) is 44.6 Å². The normalized spacial score (nSPS) is 12.6. The second kappa shape index (κ2) is 13.3. The number of hydrogen-bond acceptors (Lipinski definition) is 5. The van der Waals surface area contributed by atoms with Gasteiger partial charge >= 0.3 is 11.9 Å². The lowest BCUT2D eigenvalue weighted by Crippen LogP contribution is -2.33. The molecule has 0 radical (unpaired) electrons. The topological polar surface area (TPSA) is 124 Å². The molecule has 25 heavy (non-hydrogen) atoms. The van der Waals surface area contributed by atoms with Crippen LogP contribution in [-0.2, 0) is 20.7 Å². The second-order valence-electron chi connectivity index (χ2n) is 5.93. The van der Waals surface area contributed by atoms with Gasteiger partial charge in [0.2, 0.25) is 0 Å². The molecular weight excluding hydrogens is 328 g/mol. The average Bonchev–Trinajstić information content (AvgIpc) is 2.52. The summed E-state index contributed by atoms with van der Waals surface area (Å²) in [7, 11) is 0. The Kier molecular flexibility index (Phi) is 12.3. The predicted molar refractivity (Wildman–Crippen MR) is 92.4 cm³/mol. The molecule has 1 rings (SSSR count). The molecular formula is C18H28O7. The SMILES string of the molecule is CC(O)(COCCO)Cc1ccccc1.O=C(O)CCCCC(=O)O. The van der Waals surface area contributed by atoms with Crippen LogP contribution in [0, 0.1) is 0 Å². The van der Waals surface area contributed by atoms with E-state index in [0.29, 0.717) is 19.3 Å². The fraction of sp³-hybridized carbons (Fsp3) is 0.556. The third-order valence-corrected chi connectivity index (χ3v) is 3.11. The predicted octanol–water partition coefficient (Wildman–Crippen LogP) is 1.71. The maximum absolute atomic E-state index is 9.99. The highest BCUT2D eigenvalue weighted by atomic mass is 16.5. The molecule has 1 atom stereocenters. The standard InChI is InChI=1S/C12H18O3.C6H10O4/c1-12(14,10-15-8-7-13)9-11-5-3-2-4-6-11;7-5(8)3-1-2-4-6(9)10/h2-6,13-14H,7-10H2,1H3;1-4H2,(H,7,8)(H,9,10). The van der Waals surface area contributed by atoms with E-state index in [1.807, 2.05) is 30.3 Å². The van der Waals surface area contributed by atoms with Crippen molar-refractivity contribution in [1.82, 2.24) is 0 Å². The Bertz CT molecular complexity index is 469. The van der Waals surface area contributed by atoms with E-state index in [4.69, 9.17) is 20.1 Å². The van der Waals surface area contributed by atoms with Gasteiger partial charge in [-0.25, -0.2) is 0 Å². The van der Waals surface area contributed by atoms with Crippen molar-refractivity contribution in [1.29, 1.82) is 0 Å². The number of benzene rings is 1. The van der Waals surface area contributed by atoms with Crippen LogP contribution >= 0.6 is 0 Å². The number of carbonyl (C=O) groups is 2. The van der Waals surface area contributed by atoms with Crippen LogP contribution in [0.15, 0.2) is 30.3 Å². The van der Waals surface area contributed by atoms with Crippen LogP contribution in [0.2, 0.25) is 0 Å². The molecule has 0 saturated carbocycles. The summed E-state index contributed by atoms with van der Waals surface area (Å²) in [6.45, 7) is 2.23. The second-order valence-corrected chi connectivity index (χ2v) is 5.93. The minimum absolute atomic E-state index is 0.0125. The van der Waals surface area contributed by atoms with E-state index in [9.17, 15) is 14.7 Å². The molecule has 4 N–H and O–H groups in total. The minimum atomic E-state index is -0.878.